The smallest absolute Gasteiger partial charge is 0.323 e. The normalized spacial score (nSPS) is 10.8. The molecule has 0 spiro atoms. The number of aliphatic carboxylic acids is 1. The second-order valence-electron chi connectivity index (χ2n) is 4.31. The van der Waals surface area contributed by atoms with Crippen molar-refractivity contribution in [3.8, 4) is 12.3 Å². The van der Waals surface area contributed by atoms with Crippen molar-refractivity contribution in [1.29, 1.82) is 0 Å². The maximum atomic E-state index is 11.8. The minimum atomic E-state index is -1.05. The van der Waals surface area contributed by atoms with Crippen LogP contribution in [0, 0.1) is 12.3 Å². The molecule has 5 heteroatoms. The predicted octanol–water partition coefficient (Wildman–Crippen LogP) is 0.903. The molecule has 16 heavy (non-hydrogen) atoms. The molecule has 0 aromatic rings. The molecule has 0 heterocycles. The Labute approximate surface area is 95.8 Å². The summed E-state index contributed by atoms with van der Waals surface area (Å²) in [6.07, 6.45) is 5.23. The van der Waals surface area contributed by atoms with Crippen LogP contribution in [-0.4, -0.2) is 40.1 Å². The van der Waals surface area contributed by atoms with Crippen LogP contribution in [0.25, 0.3) is 0 Å². The third kappa shape index (κ3) is 4.69. The number of carboxylic acid groups (broad SMARTS) is 1. The van der Waals surface area contributed by atoms with Gasteiger partial charge in [0, 0.05) is 6.04 Å². The first kappa shape index (κ1) is 14.3. The van der Waals surface area contributed by atoms with E-state index in [1.807, 2.05) is 0 Å². The Morgan fingerprint density at radius 1 is 1.50 bits per heavy atom. The number of urea groups is 1. The average molecular weight is 226 g/mol. The number of carbonyl (C=O) groups excluding carboxylic acids is 1. The van der Waals surface area contributed by atoms with E-state index in [2.05, 4.69) is 11.2 Å². The highest BCUT2D eigenvalue weighted by atomic mass is 16.4. The fraction of sp³-hybridized carbons (Fsp3) is 0.636. The molecule has 0 aliphatic carbocycles. The van der Waals surface area contributed by atoms with E-state index in [1.165, 1.54) is 4.90 Å². The number of carboxylic acids is 1. The van der Waals surface area contributed by atoms with Crippen molar-refractivity contribution >= 4 is 12.0 Å². The second kappa shape index (κ2) is 5.40. The number of hydrogen-bond acceptors (Lipinski definition) is 2. The first-order valence-electron chi connectivity index (χ1n) is 4.98. The minimum Gasteiger partial charge on any atom is -0.480 e. The van der Waals surface area contributed by atoms with Gasteiger partial charge in [-0.25, -0.2) is 4.79 Å². The van der Waals surface area contributed by atoms with Crippen molar-refractivity contribution in [1.82, 2.24) is 10.2 Å². The van der Waals surface area contributed by atoms with Crippen LogP contribution < -0.4 is 5.32 Å². The lowest BCUT2D eigenvalue weighted by atomic mass is 10.1. The molecule has 0 radical (unpaired) electrons. The molecule has 0 saturated carbocycles. The van der Waals surface area contributed by atoms with Gasteiger partial charge in [-0.15, -0.1) is 6.42 Å². The monoisotopic (exact) mass is 226 g/mol. The van der Waals surface area contributed by atoms with Crippen molar-refractivity contribution < 1.29 is 14.7 Å². The van der Waals surface area contributed by atoms with Crippen molar-refractivity contribution in [2.75, 3.05) is 6.54 Å². The molecule has 0 aliphatic rings. The topological polar surface area (TPSA) is 69.6 Å². The van der Waals surface area contributed by atoms with Gasteiger partial charge >= 0.3 is 12.0 Å². The molecule has 0 atom stereocenters. The number of rotatable bonds is 4. The Balaban J connectivity index is 4.65. The quantitative estimate of drug-likeness (QED) is 0.700. The molecule has 0 aliphatic heterocycles. The number of terminal acetylenes is 1. The van der Waals surface area contributed by atoms with Crippen LogP contribution in [0.3, 0.4) is 0 Å². The van der Waals surface area contributed by atoms with E-state index in [1.54, 1.807) is 27.7 Å². The highest BCUT2D eigenvalue weighted by Crippen LogP contribution is 2.04. The number of nitrogens with zero attached hydrogens (tertiary/aromatic N) is 1. The summed E-state index contributed by atoms with van der Waals surface area (Å²) >= 11 is 0. The molecule has 0 saturated heterocycles. The van der Waals surface area contributed by atoms with Gasteiger partial charge in [-0.2, -0.15) is 0 Å². The lowest BCUT2D eigenvalue weighted by molar-refractivity contribution is -0.138. The third-order valence-corrected chi connectivity index (χ3v) is 1.97. The fourth-order valence-corrected chi connectivity index (χ4v) is 1.01. The highest BCUT2D eigenvalue weighted by molar-refractivity contribution is 5.81. The second-order valence-corrected chi connectivity index (χ2v) is 4.31. The van der Waals surface area contributed by atoms with Crippen LogP contribution in [0.4, 0.5) is 4.79 Å². The van der Waals surface area contributed by atoms with Crippen molar-refractivity contribution in [2.24, 2.45) is 0 Å². The van der Waals surface area contributed by atoms with E-state index in [9.17, 15) is 9.59 Å². The summed E-state index contributed by atoms with van der Waals surface area (Å²) in [5, 5.41) is 11.3. The van der Waals surface area contributed by atoms with E-state index in [0.717, 1.165) is 0 Å². The van der Waals surface area contributed by atoms with E-state index in [0.29, 0.717) is 0 Å². The van der Waals surface area contributed by atoms with Gasteiger partial charge in [0.2, 0.25) is 0 Å². The van der Waals surface area contributed by atoms with Crippen LogP contribution >= 0.6 is 0 Å². The molecule has 0 fully saturated rings. The third-order valence-electron chi connectivity index (χ3n) is 1.97. The Kier molecular flexibility index (Phi) is 4.83. The summed E-state index contributed by atoms with van der Waals surface area (Å²) in [6, 6.07) is -0.676. The molecule has 0 aromatic carbocycles. The standard InChI is InChI=1S/C11H18N2O3/c1-6-11(4,5)12-10(16)13(8(2)3)7-9(14)15/h1,8H,7H2,2-5H3,(H,12,16)(H,14,15). The van der Waals surface area contributed by atoms with Crippen LogP contribution in [0.5, 0.6) is 0 Å². The van der Waals surface area contributed by atoms with Crippen LogP contribution in [-0.2, 0) is 4.79 Å². The Bertz CT molecular complexity index is 316. The molecular weight excluding hydrogens is 208 g/mol. The summed E-state index contributed by atoms with van der Waals surface area (Å²) in [5.41, 5.74) is -0.789. The number of amides is 2. The van der Waals surface area contributed by atoms with Crippen molar-refractivity contribution in [3.63, 3.8) is 0 Å². The van der Waals surface area contributed by atoms with Crippen molar-refractivity contribution in [3.05, 3.63) is 0 Å². The average Bonchev–Trinajstić information content (AvgIpc) is 2.12. The number of nitrogens with one attached hydrogen (secondary N) is 1. The Hall–Kier alpha value is -1.70. The number of carbonyl (C=O) groups is 2. The molecule has 0 unspecified atom stereocenters. The molecule has 0 aromatic heterocycles. The van der Waals surface area contributed by atoms with Crippen LogP contribution in [0.2, 0.25) is 0 Å². The van der Waals surface area contributed by atoms with Gasteiger partial charge in [0.1, 0.15) is 6.54 Å². The maximum Gasteiger partial charge on any atom is 0.323 e. The van der Waals surface area contributed by atoms with Gasteiger partial charge < -0.3 is 15.3 Å². The molecule has 0 bridgehead atoms. The summed E-state index contributed by atoms with van der Waals surface area (Å²) < 4.78 is 0. The highest BCUT2D eigenvalue weighted by Gasteiger charge is 2.24. The van der Waals surface area contributed by atoms with Gasteiger partial charge in [0.15, 0.2) is 0 Å². The SMILES string of the molecule is C#CC(C)(C)NC(=O)N(CC(=O)O)C(C)C. The van der Waals surface area contributed by atoms with Gasteiger partial charge in [0.25, 0.3) is 0 Å². The zero-order valence-electron chi connectivity index (χ0n) is 10.1. The molecule has 2 amide bonds. The zero-order chi connectivity index (χ0) is 12.9. The first-order valence-corrected chi connectivity index (χ1v) is 4.98. The molecule has 0 rings (SSSR count). The zero-order valence-corrected chi connectivity index (χ0v) is 10.1. The van der Waals surface area contributed by atoms with E-state index >= 15 is 0 Å². The summed E-state index contributed by atoms with van der Waals surface area (Å²) in [4.78, 5) is 23.6. The summed E-state index contributed by atoms with van der Waals surface area (Å²) in [7, 11) is 0. The largest absolute Gasteiger partial charge is 0.480 e. The minimum absolute atomic E-state index is 0.204. The molecule has 5 nitrogen and oxygen atoms in total. The lowest BCUT2D eigenvalue weighted by Crippen LogP contribution is -2.52. The number of hydrogen-bond donors (Lipinski definition) is 2. The summed E-state index contributed by atoms with van der Waals surface area (Å²) in [6.45, 7) is 6.48. The molecule has 90 valence electrons. The molecular formula is C11H18N2O3. The predicted molar refractivity (Wildman–Crippen MR) is 60.9 cm³/mol. The Morgan fingerprint density at radius 2 is 2.00 bits per heavy atom. The first-order chi connectivity index (χ1) is 7.19. The lowest BCUT2D eigenvalue weighted by Gasteiger charge is -2.29. The van der Waals surface area contributed by atoms with Gasteiger partial charge in [0.05, 0.1) is 5.54 Å². The van der Waals surface area contributed by atoms with Crippen LogP contribution in [0.1, 0.15) is 27.7 Å². The van der Waals surface area contributed by atoms with Gasteiger partial charge in [-0.3, -0.25) is 4.79 Å². The van der Waals surface area contributed by atoms with E-state index in [4.69, 9.17) is 11.5 Å². The van der Waals surface area contributed by atoms with Gasteiger partial charge in [-0.1, -0.05) is 5.92 Å². The van der Waals surface area contributed by atoms with Gasteiger partial charge in [-0.05, 0) is 27.7 Å². The van der Waals surface area contributed by atoms with Crippen molar-refractivity contribution in [2.45, 2.75) is 39.3 Å². The van der Waals surface area contributed by atoms with E-state index in [-0.39, 0.29) is 12.6 Å². The fourth-order valence-electron chi connectivity index (χ4n) is 1.01. The summed E-state index contributed by atoms with van der Waals surface area (Å²) in [5.74, 6) is 1.36. The Morgan fingerprint density at radius 3 is 2.31 bits per heavy atom. The maximum absolute atomic E-state index is 11.8. The molecule has 2 N–H and O–H groups in total. The van der Waals surface area contributed by atoms with E-state index < -0.39 is 17.5 Å². The van der Waals surface area contributed by atoms with Crippen LogP contribution in [0.15, 0.2) is 0 Å².